The first-order chi connectivity index (χ1) is 9.41. The number of carbonyl (C=O) groups excluding carboxylic acids is 1. The second kappa shape index (κ2) is 5.93. The van der Waals surface area contributed by atoms with Gasteiger partial charge >= 0.3 is 0 Å². The van der Waals surface area contributed by atoms with Crippen molar-refractivity contribution < 1.29 is 13.2 Å². The van der Waals surface area contributed by atoms with E-state index in [0.717, 1.165) is 12.8 Å². The van der Waals surface area contributed by atoms with Crippen LogP contribution in [-0.4, -0.2) is 37.6 Å². The highest BCUT2D eigenvalue weighted by Gasteiger charge is 2.33. The van der Waals surface area contributed by atoms with Crippen LogP contribution in [0.2, 0.25) is 0 Å². The molecule has 0 unspecified atom stereocenters. The standard InChI is InChI=1S/C14H20N2O3S/c1-2-3-11-4-6-12(7-5-11)14(17)16-9-8-13(10-16)20(15,18)19/h4-7,13H,2-3,8-10H2,1H3,(H2,15,18,19)/t13-/m1/s1. The van der Waals surface area contributed by atoms with Crippen LogP contribution in [-0.2, 0) is 16.4 Å². The molecule has 0 aromatic heterocycles. The first kappa shape index (κ1) is 15.0. The van der Waals surface area contributed by atoms with Crippen LogP contribution in [0.1, 0.15) is 35.7 Å². The maximum absolute atomic E-state index is 12.3. The summed E-state index contributed by atoms with van der Waals surface area (Å²) in [5.41, 5.74) is 1.80. The summed E-state index contributed by atoms with van der Waals surface area (Å²) in [6.45, 7) is 2.74. The number of primary sulfonamides is 1. The number of carbonyl (C=O) groups is 1. The van der Waals surface area contributed by atoms with Crippen LogP contribution in [0, 0.1) is 0 Å². The molecular formula is C14H20N2O3S. The van der Waals surface area contributed by atoms with Gasteiger partial charge in [0.15, 0.2) is 0 Å². The van der Waals surface area contributed by atoms with Crippen molar-refractivity contribution in [2.45, 2.75) is 31.4 Å². The predicted molar refractivity (Wildman–Crippen MR) is 77.9 cm³/mol. The summed E-state index contributed by atoms with van der Waals surface area (Å²) in [4.78, 5) is 13.8. The molecule has 1 amide bonds. The maximum atomic E-state index is 12.3. The zero-order valence-corrected chi connectivity index (χ0v) is 12.4. The van der Waals surface area contributed by atoms with Gasteiger partial charge in [-0.2, -0.15) is 0 Å². The molecule has 0 bridgehead atoms. The highest BCUT2D eigenvalue weighted by molar-refractivity contribution is 7.89. The lowest BCUT2D eigenvalue weighted by atomic mass is 10.1. The Bertz CT molecular complexity index is 581. The van der Waals surface area contributed by atoms with Crippen molar-refractivity contribution in [1.29, 1.82) is 0 Å². The third-order valence-corrected chi connectivity index (χ3v) is 4.95. The van der Waals surface area contributed by atoms with Gasteiger partial charge in [0.05, 0.1) is 5.25 Å². The van der Waals surface area contributed by atoms with Gasteiger partial charge < -0.3 is 4.90 Å². The smallest absolute Gasteiger partial charge is 0.253 e. The molecule has 1 aromatic rings. The van der Waals surface area contributed by atoms with Crippen LogP contribution in [0.5, 0.6) is 0 Å². The molecule has 0 aliphatic carbocycles. The van der Waals surface area contributed by atoms with E-state index in [2.05, 4.69) is 6.92 Å². The van der Waals surface area contributed by atoms with Crippen LogP contribution in [0.3, 0.4) is 0 Å². The Labute approximate surface area is 119 Å². The Morgan fingerprint density at radius 2 is 2.00 bits per heavy atom. The number of rotatable bonds is 4. The van der Waals surface area contributed by atoms with E-state index in [1.807, 2.05) is 12.1 Å². The molecule has 1 saturated heterocycles. The molecule has 2 rings (SSSR count). The molecule has 0 saturated carbocycles. The second-order valence-corrected chi connectivity index (χ2v) is 7.04. The molecule has 20 heavy (non-hydrogen) atoms. The van der Waals surface area contributed by atoms with Crippen molar-refractivity contribution in [3.8, 4) is 0 Å². The van der Waals surface area contributed by atoms with Gasteiger partial charge in [0.25, 0.3) is 5.91 Å². The van der Waals surface area contributed by atoms with Gasteiger partial charge in [-0.05, 0) is 30.5 Å². The van der Waals surface area contributed by atoms with E-state index in [1.165, 1.54) is 5.56 Å². The molecule has 1 aromatic carbocycles. The van der Waals surface area contributed by atoms with Crippen molar-refractivity contribution in [1.82, 2.24) is 4.90 Å². The quantitative estimate of drug-likeness (QED) is 0.904. The van der Waals surface area contributed by atoms with E-state index in [1.54, 1.807) is 17.0 Å². The first-order valence-electron chi connectivity index (χ1n) is 6.81. The van der Waals surface area contributed by atoms with E-state index in [-0.39, 0.29) is 12.5 Å². The third-order valence-electron chi connectivity index (χ3n) is 3.64. The normalized spacial score (nSPS) is 19.3. The van der Waals surface area contributed by atoms with Gasteiger partial charge in [-0.1, -0.05) is 25.5 Å². The number of hydrogen-bond acceptors (Lipinski definition) is 3. The summed E-state index contributed by atoms with van der Waals surface area (Å²) in [6, 6.07) is 7.50. The molecule has 110 valence electrons. The van der Waals surface area contributed by atoms with Crippen molar-refractivity contribution >= 4 is 15.9 Å². The van der Waals surface area contributed by atoms with Crippen molar-refractivity contribution in [2.24, 2.45) is 5.14 Å². The molecule has 0 spiro atoms. The van der Waals surface area contributed by atoms with Gasteiger partial charge in [0.2, 0.25) is 10.0 Å². The first-order valence-corrected chi connectivity index (χ1v) is 8.42. The molecule has 1 heterocycles. The lowest BCUT2D eigenvalue weighted by molar-refractivity contribution is 0.0793. The number of likely N-dealkylation sites (tertiary alicyclic amines) is 1. The zero-order chi connectivity index (χ0) is 14.8. The minimum Gasteiger partial charge on any atom is -0.337 e. The predicted octanol–water partition coefficient (Wildman–Crippen LogP) is 1.14. The fraction of sp³-hybridized carbons (Fsp3) is 0.500. The van der Waals surface area contributed by atoms with Crippen molar-refractivity contribution in [2.75, 3.05) is 13.1 Å². The summed E-state index contributed by atoms with van der Waals surface area (Å²) < 4.78 is 22.6. The average molecular weight is 296 g/mol. The minimum absolute atomic E-state index is 0.126. The lowest BCUT2D eigenvalue weighted by Gasteiger charge is -2.16. The molecular weight excluding hydrogens is 276 g/mol. The SMILES string of the molecule is CCCc1ccc(C(=O)N2CC[C@@H](S(N)(=O)=O)C2)cc1. The number of nitrogens with zero attached hydrogens (tertiary/aromatic N) is 1. The number of nitrogens with two attached hydrogens (primary N) is 1. The van der Waals surface area contributed by atoms with Gasteiger partial charge in [-0.25, -0.2) is 13.6 Å². The van der Waals surface area contributed by atoms with E-state index in [0.29, 0.717) is 18.5 Å². The second-order valence-electron chi connectivity index (χ2n) is 5.20. The molecule has 1 atom stereocenters. The Morgan fingerprint density at radius 3 is 2.50 bits per heavy atom. The highest BCUT2D eigenvalue weighted by Crippen LogP contribution is 2.18. The molecule has 1 fully saturated rings. The molecule has 2 N–H and O–H groups in total. The average Bonchev–Trinajstić information content (AvgIpc) is 2.89. The summed E-state index contributed by atoms with van der Waals surface area (Å²) in [5, 5.41) is 4.50. The Morgan fingerprint density at radius 1 is 1.35 bits per heavy atom. The minimum atomic E-state index is -3.56. The number of hydrogen-bond donors (Lipinski definition) is 1. The monoisotopic (exact) mass is 296 g/mol. The van der Waals surface area contributed by atoms with Crippen LogP contribution in [0.15, 0.2) is 24.3 Å². The number of sulfonamides is 1. The largest absolute Gasteiger partial charge is 0.337 e. The molecule has 0 radical (unpaired) electrons. The van der Waals surface area contributed by atoms with Gasteiger partial charge in [-0.15, -0.1) is 0 Å². The fourth-order valence-electron chi connectivity index (χ4n) is 2.47. The summed E-state index contributed by atoms with van der Waals surface area (Å²) in [6.07, 6.45) is 2.47. The van der Waals surface area contributed by atoms with Crippen LogP contribution in [0.25, 0.3) is 0 Å². The summed E-state index contributed by atoms with van der Waals surface area (Å²) >= 11 is 0. The van der Waals surface area contributed by atoms with Gasteiger partial charge in [-0.3, -0.25) is 4.79 Å². The third kappa shape index (κ3) is 3.37. The van der Waals surface area contributed by atoms with Crippen molar-refractivity contribution in [3.63, 3.8) is 0 Å². The molecule has 6 heteroatoms. The molecule has 5 nitrogen and oxygen atoms in total. The highest BCUT2D eigenvalue weighted by atomic mass is 32.2. The lowest BCUT2D eigenvalue weighted by Crippen LogP contribution is -2.34. The van der Waals surface area contributed by atoms with Crippen LogP contribution in [0.4, 0.5) is 0 Å². The summed E-state index contributed by atoms with van der Waals surface area (Å²) in [7, 11) is -3.56. The Balaban J connectivity index is 2.05. The van der Waals surface area contributed by atoms with Crippen molar-refractivity contribution in [3.05, 3.63) is 35.4 Å². The number of amides is 1. The Hall–Kier alpha value is -1.40. The summed E-state index contributed by atoms with van der Waals surface area (Å²) in [5.74, 6) is -0.126. The number of benzene rings is 1. The maximum Gasteiger partial charge on any atom is 0.253 e. The topological polar surface area (TPSA) is 80.5 Å². The van der Waals surface area contributed by atoms with E-state index >= 15 is 0 Å². The van der Waals surface area contributed by atoms with Gasteiger partial charge in [0.1, 0.15) is 0 Å². The van der Waals surface area contributed by atoms with E-state index < -0.39 is 15.3 Å². The van der Waals surface area contributed by atoms with E-state index in [4.69, 9.17) is 5.14 Å². The number of aryl methyl sites for hydroxylation is 1. The Kier molecular flexibility index (Phi) is 4.45. The van der Waals surface area contributed by atoms with Crippen LogP contribution >= 0.6 is 0 Å². The van der Waals surface area contributed by atoms with Crippen LogP contribution < -0.4 is 5.14 Å². The fourth-order valence-corrected chi connectivity index (χ4v) is 3.29. The molecule has 1 aliphatic rings. The van der Waals surface area contributed by atoms with E-state index in [9.17, 15) is 13.2 Å². The zero-order valence-electron chi connectivity index (χ0n) is 11.6. The molecule has 1 aliphatic heterocycles. The van der Waals surface area contributed by atoms with Gasteiger partial charge in [0, 0.05) is 18.7 Å².